The molecule has 2 aromatic rings. The maximum absolute atomic E-state index is 9.49. The van der Waals surface area contributed by atoms with E-state index in [1.807, 2.05) is 0 Å². The van der Waals surface area contributed by atoms with E-state index in [4.69, 9.17) is 4.74 Å². The Hall–Kier alpha value is -1.38. The van der Waals surface area contributed by atoms with Crippen LogP contribution in [-0.2, 0) is 11.2 Å². The quantitative estimate of drug-likeness (QED) is 0.874. The van der Waals surface area contributed by atoms with Crippen LogP contribution in [0.5, 0.6) is 0 Å². The molecule has 0 unspecified atom stereocenters. The molecule has 0 radical (unpaired) electrons. The van der Waals surface area contributed by atoms with Gasteiger partial charge in [-0.15, -0.1) is 0 Å². The summed E-state index contributed by atoms with van der Waals surface area (Å²) in [5, 5.41) is 12.0. The molecule has 0 spiro atoms. The molecule has 2 heteroatoms. The Morgan fingerprint density at radius 1 is 1.06 bits per heavy atom. The molecule has 1 fully saturated rings. The van der Waals surface area contributed by atoms with Crippen molar-refractivity contribution in [3.05, 3.63) is 48.0 Å². The summed E-state index contributed by atoms with van der Waals surface area (Å²) >= 11 is 0. The molecule has 3 rings (SSSR count). The van der Waals surface area contributed by atoms with E-state index in [2.05, 4.69) is 42.5 Å². The van der Waals surface area contributed by atoms with E-state index in [0.29, 0.717) is 13.2 Å². The first-order valence-corrected chi connectivity index (χ1v) is 5.98. The fourth-order valence-electron chi connectivity index (χ4n) is 2.49. The topological polar surface area (TPSA) is 29.5 Å². The summed E-state index contributed by atoms with van der Waals surface area (Å²) in [7, 11) is 0. The van der Waals surface area contributed by atoms with E-state index in [0.717, 1.165) is 6.42 Å². The molecule has 1 saturated heterocycles. The van der Waals surface area contributed by atoms with Gasteiger partial charge in [-0.05, 0) is 22.8 Å². The molecule has 17 heavy (non-hydrogen) atoms. The molecule has 0 saturated carbocycles. The number of benzene rings is 2. The summed E-state index contributed by atoms with van der Waals surface area (Å²) in [4.78, 5) is 0. The monoisotopic (exact) mass is 228 g/mol. The van der Waals surface area contributed by atoms with Crippen LogP contribution < -0.4 is 0 Å². The van der Waals surface area contributed by atoms with Crippen molar-refractivity contribution in [1.29, 1.82) is 0 Å². The van der Waals surface area contributed by atoms with E-state index < -0.39 is 0 Å². The van der Waals surface area contributed by atoms with Crippen molar-refractivity contribution >= 4 is 10.8 Å². The maximum atomic E-state index is 9.49. The molecule has 1 aliphatic rings. The highest BCUT2D eigenvalue weighted by Crippen LogP contribution is 2.33. The van der Waals surface area contributed by atoms with Gasteiger partial charge in [0.2, 0.25) is 0 Å². The van der Waals surface area contributed by atoms with Crippen LogP contribution in [0.25, 0.3) is 10.8 Å². The van der Waals surface area contributed by atoms with Crippen LogP contribution in [0.1, 0.15) is 5.56 Å². The van der Waals surface area contributed by atoms with Gasteiger partial charge in [0.05, 0.1) is 19.8 Å². The number of ether oxygens (including phenoxy) is 1. The van der Waals surface area contributed by atoms with Crippen LogP contribution in [0.3, 0.4) is 0 Å². The van der Waals surface area contributed by atoms with E-state index in [1.54, 1.807) is 0 Å². The van der Waals surface area contributed by atoms with Crippen LogP contribution in [0, 0.1) is 5.41 Å². The summed E-state index contributed by atoms with van der Waals surface area (Å²) in [5.74, 6) is 0. The first-order valence-electron chi connectivity index (χ1n) is 5.98. The minimum atomic E-state index is -0.0515. The van der Waals surface area contributed by atoms with Crippen molar-refractivity contribution < 1.29 is 9.84 Å². The van der Waals surface area contributed by atoms with Gasteiger partial charge in [-0.1, -0.05) is 42.5 Å². The van der Waals surface area contributed by atoms with Crippen molar-refractivity contribution in [2.45, 2.75) is 6.42 Å². The molecule has 2 nitrogen and oxygen atoms in total. The number of hydrogen-bond donors (Lipinski definition) is 1. The zero-order chi connectivity index (χ0) is 11.7. The average molecular weight is 228 g/mol. The van der Waals surface area contributed by atoms with Gasteiger partial charge in [0.15, 0.2) is 0 Å². The Morgan fingerprint density at radius 2 is 1.82 bits per heavy atom. The van der Waals surface area contributed by atoms with Gasteiger partial charge in [-0.3, -0.25) is 0 Å². The predicted octanol–water partition coefficient (Wildman–Crippen LogP) is 2.39. The highest BCUT2D eigenvalue weighted by atomic mass is 16.5. The fraction of sp³-hybridized carbons (Fsp3) is 0.333. The third-order valence-corrected chi connectivity index (χ3v) is 3.60. The Morgan fingerprint density at radius 3 is 2.53 bits per heavy atom. The van der Waals surface area contributed by atoms with Crippen molar-refractivity contribution in [1.82, 2.24) is 0 Å². The Balaban J connectivity index is 2.00. The van der Waals surface area contributed by atoms with E-state index >= 15 is 0 Å². The van der Waals surface area contributed by atoms with Crippen LogP contribution >= 0.6 is 0 Å². The number of aliphatic hydroxyl groups is 1. The normalized spacial score (nSPS) is 17.9. The lowest BCUT2D eigenvalue weighted by Gasteiger charge is -2.40. The number of fused-ring (bicyclic) bond motifs is 1. The molecule has 0 aliphatic carbocycles. The molecule has 0 bridgehead atoms. The van der Waals surface area contributed by atoms with E-state index in [9.17, 15) is 5.11 Å². The van der Waals surface area contributed by atoms with Gasteiger partial charge in [0.25, 0.3) is 0 Å². The predicted molar refractivity (Wildman–Crippen MR) is 68.0 cm³/mol. The molecular formula is C15H16O2. The zero-order valence-corrected chi connectivity index (χ0v) is 9.73. The maximum Gasteiger partial charge on any atom is 0.0570 e. The standard InChI is InChI=1S/C15H16O2/c16-9-15(10-17-11-15)8-13-6-3-5-12-4-1-2-7-14(12)13/h1-7,16H,8-11H2. The Kier molecular flexibility index (Phi) is 2.61. The molecule has 88 valence electrons. The van der Waals surface area contributed by atoms with Crippen LogP contribution in [0.4, 0.5) is 0 Å². The lowest BCUT2D eigenvalue weighted by atomic mass is 9.79. The SMILES string of the molecule is OCC1(Cc2cccc3ccccc23)COC1. The van der Waals surface area contributed by atoms with Gasteiger partial charge in [-0.2, -0.15) is 0 Å². The van der Waals surface area contributed by atoms with E-state index in [-0.39, 0.29) is 12.0 Å². The summed E-state index contributed by atoms with van der Waals surface area (Å²) < 4.78 is 5.25. The van der Waals surface area contributed by atoms with Gasteiger partial charge in [-0.25, -0.2) is 0 Å². The number of rotatable bonds is 3. The fourth-order valence-corrected chi connectivity index (χ4v) is 2.49. The first kappa shape index (κ1) is 10.8. The van der Waals surface area contributed by atoms with Crippen molar-refractivity contribution in [2.24, 2.45) is 5.41 Å². The zero-order valence-electron chi connectivity index (χ0n) is 9.73. The molecule has 1 aliphatic heterocycles. The Bertz CT molecular complexity index is 518. The minimum Gasteiger partial charge on any atom is -0.396 e. The van der Waals surface area contributed by atoms with E-state index in [1.165, 1.54) is 16.3 Å². The third kappa shape index (κ3) is 1.84. The van der Waals surface area contributed by atoms with Crippen molar-refractivity contribution in [3.63, 3.8) is 0 Å². The van der Waals surface area contributed by atoms with Crippen LogP contribution in [0.2, 0.25) is 0 Å². The first-order chi connectivity index (χ1) is 8.33. The highest BCUT2D eigenvalue weighted by molar-refractivity contribution is 5.85. The minimum absolute atomic E-state index is 0.0515. The number of hydrogen-bond acceptors (Lipinski definition) is 2. The van der Waals surface area contributed by atoms with Gasteiger partial charge >= 0.3 is 0 Å². The smallest absolute Gasteiger partial charge is 0.0570 e. The van der Waals surface area contributed by atoms with Crippen molar-refractivity contribution in [3.8, 4) is 0 Å². The van der Waals surface area contributed by atoms with Crippen molar-refractivity contribution in [2.75, 3.05) is 19.8 Å². The summed E-state index contributed by atoms with van der Waals surface area (Å²) in [6, 6.07) is 14.8. The molecule has 1 N–H and O–H groups in total. The Labute approximate surface area is 101 Å². The van der Waals surface area contributed by atoms with Crippen LogP contribution in [0.15, 0.2) is 42.5 Å². The van der Waals surface area contributed by atoms with Crippen LogP contribution in [-0.4, -0.2) is 24.9 Å². The molecule has 0 aromatic heterocycles. The second-order valence-corrected chi connectivity index (χ2v) is 4.97. The largest absolute Gasteiger partial charge is 0.396 e. The molecule has 0 amide bonds. The van der Waals surface area contributed by atoms with Gasteiger partial charge in [0.1, 0.15) is 0 Å². The summed E-state index contributed by atoms with van der Waals surface area (Å²) in [5.41, 5.74) is 1.25. The molecule has 1 heterocycles. The van der Waals surface area contributed by atoms with Gasteiger partial charge in [0, 0.05) is 5.41 Å². The van der Waals surface area contributed by atoms with Gasteiger partial charge < -0.3 is 9.84 Å². The summed E-state index contributed by atoms with van der Waals surface area (Å²) in [6.07, 6.45) is 0.894. The molecule has 2 aromatic carbocycles. The summed E-state index contributed by atoms with van der Waals surface area (Å²) in [6.45, 7) is 1.55. The lowest BCUT2D eigenvalue weighted by molar-refractivity contribution is -0.135. The third-order valence-electron chi connectivity index (χ3n) is 3.60. The second kappa shape index (κ2) is 4.13. The highest BCUT2D eigenvalue weighted by Gasteiger charge is 2.38. The molecule has 0 atom stereocenters. The molecular weight excluding hydrogens is 212 g/mol. The second-order valence-electron chi connectivity index (χ2n) is 4.97. The lowest BCUT2D eigenvalue weighted by Crippen LogP contribution is -2.47. The number of aliphatic hydroxyl groups excluding tert-OH is 1. The average Bonchev–Trinajstić information content (AvgIpc) is 2.34.